The van der Waals surface area contributed by atoms with Gasteiger partial charge in [0, 0.05) is 23.2 Å². The molecular formula is C26H20F3N5O3. The molecule has 0 amide bonds. The zero-order valence-corrected chi connectivity index (χ0v) is 19.7. The van der Waals surface area contributed by atoms with Crippen molar-refractivity contribution in [1.29, 1.82) is 0 Å². The van der Waals surface area contributed by atoms with E-state index < -0.39 is 23.0 Å². The van der Waals surface area contributed by atoms with Crippen LogP contribution in [0.15, 0.2) is 81.3 Å². The summed E-state index contributed by atoms with van der Waals surface area (Å²) in [5, 5.41) is 7.33. The van der Waals surface area contributed by atoms with Gasteiger partial charge in [0.15, 0.2) is 24.3 Å². The normalized spacial score (nSPS) is 11.6. The molecule has 0 spiro atoms. The van der Waals surface area contributed by atoms with E-state index in [1.165, 1.54) is 37.2 Å². The molecule has 0 radical (unpaired) electrons. The third-order valence-corrected chi connectivity index (χ3v) is 5.62. The van der Waals surface area contributed by atoms with Gasteiger partial charge in [0.1, 0.15) is 5.69 Å². The standard InChI is InChI=1S/C26H20F3N5O3/c1-3-32-21-10-20(17-6-15(2)7-18(8-17)24-12-31-14-37-24)33-34(25(21)35)22-9-16(23-11-30-13-36-23)4-5-19(22)26(27,28)29/h4-14,32H,3H2,1-2H3. The molecule has 37 heavy (non-hydrogen) atoms. The van der Waals surface area contributed by atoms with E-state index in [0.29, 0.717) is 34.7 Å². The maximum absolute atomic E-state index is 14.1. The largest absolute Gasteiger partial charge is 0.444 e. The van der Waals surface area contributed by atoms with Crippen LogP contribution in [0.5, 0.6) is 0 Å². The lowest BCUT2D eigenvalue weighted by molar-refractivity contribution is -0.137. The number of oxazole rings is 2. The average molecular weight is 507 g/mol. The second kappa shape index (κ2) is 9.41. The lowest BCUT2D eigenvalue weighted by Gasteiger charge is -2.17. The second-order valence-electron chi connectivity index (χ2n) is 8.24. The van der Waals surface area contributed by atoms with Crippen molar-refractivity contribution in [2.75, 3.05) is 11.9 Å². The zero-order chi connectivity index (χ0) is 26.2. The molecule has 0 aliphatic carbocycles. The molecule has 0 saturated carbocycles. The minimum Gasteiger partial charge on any atom is -0.444 e. The van der Waals surface area contributed by atoms with Gasteiger partial charge in [-0.05, 0) is 55.8 Å². The van der Waals surface area contributed by atoms with Crippen molar-refractivity contribution in [1.82, 2.24) is 19.7 Å². The Balaban J connectivity index is 1.76. The minimum absolute atomic E-state index is 0.105. The van der Waals surface area contributed by atoms with Crippen molar-refractivity contribution in [3.05, 3.63) is 89.1 Å². The molecule has 0 fully saturated rings. The summed E-state index contributed by atoms with van der Waals surface area (Å²) in [5.41, 5.74) is 0.678. The highest BCUT2D eigenvalue weighted by molar-refractivity contribution is 5.72. The Morgan fingerprint density at radius 1 is 0.919 bits per heavy atom. The molecule has 0 bridgehead atoms. The number of hydrogen-bond donors (Lipinski definition) is 1. The van der Waals surface area contributed by atoms with Gasteiger partial charge in [-0.1, -0.05) is 6.07 Å². The van der Waals surface area contributed by atoms with Crippen molar-refractivity contribution in [3.63, 3.8) is 0 Å². The van der Waals surface area contributed by atoms with Gasteiger partial charge in [0.05, 0.1) is 29.3 Å². The van der Waals surface area contributed by atoms with E-state index in [4.69, 9.17) is 8.83 Å². The first-order chi connectivity index (χ1) is 17.7. The molecular weight excluding hydrogens is 487 g/mol. The fourth-order valence-corrected chi connectivity index (χ4v) is 4.01. The number of hydrogen-bond acceptors (Lipinski definition) is 7. The van der Waals surface area contributed by atoms with E-state index in [-0.39, 0.29) is 11.4 Å². The number of alkyl halides is 3. The fourth-order valence-electron chi connectivity index (χ4n) is 4.01. The van der Waals surface area contributed by atoms with Gasteiger partial charge in [-0.2, -0.15) is 23.0 Å². The predicted molar refractivity (Wildman–Crippen MR) is 130 cm³/mol. The van der Waals surface area contributed by atoms with Crippen LogP contribution in [-0.4, -0.2) is 26.3 Å². The number of rotatable bonds is 6. The van der Waals surface area contributed by atoms with E-state index in [0.717, 1.165) is 16.3 Å². The Kier molecular flexibility index (Phi) is 6.12. The first-order valence-corrected chi connectivity index (χ1v) is 11.2. The van der Waals surface area contributed by atoms with Crippen molar-refractivity contribution in [2.45, 2.75) is 20.0 Å². The van der Waals surface area contributed by atoms with Crippen molar-refractivity contribution < 1.29 is 22.0 Å². The fraction of sp³-hybridized carbons (Fsp3) is 0.154. The number of aryl methyl sites for hydroxylation is 1. The van der Waals surface area contributed by atoms with Gasteiger partial charge in [0.2, 0.25) is 0 Å². The van der Waals surface area contributed by atoms with Gasteiger partial charge in [0.25, 0.3) is 5.56 Å². The SMILES string of the molecule is CCNc1cc(-c2cc(C)cc(-c3cnco3)c2)nn(-c2cc(-c3cnco3)ccc2C(F)(F)F)c1=O. The number of nitrogens with one attached hydrogen (secondary N) is 1. The van der Waals surface area contributed by atoms with Crippen LogP contribution in [0.3, 0.4) is 0 Å². The van der Waals surface area contributed by atoms with Crippen LogP contribution in [0.4, 0.5) is 18.9 Å². The molecule has 1 N–H and O–H groups in total. The molecule has 8 nitrogen and oxygen atoms in total. The molecule has 2 aromatic carbocycles. The summed E-state index contributed by atoms with van der Waals surface area (Å²) >= 11 is 0. The topological polar surface area (TPSA) is 99.0 Å². The molecule has 5 rings (SSSR count). The van der Waals surface area contributed by atoms with E-state index >= 15 is 0 Å². The number of halogens is 3. The third-order valence-electron chi connectivity index (χ3n) is 5.62. The van der Waals surface area contributed by atoms with Crippen LogP contribution in [0.25, 0.3) is 39.6 Å². The minimum atomic E-state index is -4.74. The number of nitrogens with zero attached hydrogens (tertiary/aromatic N) is 4. The molecule has 3 aromatic heterocycles. The smallest absolute Gasteiger partial charge is 0.418 e. The van der Waals surface area contributed by atoms with E-state index in [1.54, 1.807) is 19.2 Å². The van der Waals surface area contributed by atoms with Gasteiger partial charge in [-0.25, -0.2) is 9.97 Å². The summed E-state index contributed by atoms with van der Waals surface area (Å²) in [7, 11) is 0. The summed E-state index contributed by atoms with van der Waals surface area (Å²) in [6, 6.07) is 10.4. The number of benzene rings is 2. The molecule has 0 aliphatic heterocycles. The highest BCUT2D eigenvalue weighted by Gasteiger charge is 2.35. The Morgan fingerprint density at radius 3 is 2.22 bits per heavy atom. The maximum Gasteiger partial charge on any atom is 0.418 e. The molecule has 0 saturated heterocycles. The highest BCUT2D eigenvalue weighted by atomic mass is 19.4. The van der Waals surface area contributed by atoms with Crippen LogP contribution in [0, 0.1) is 6.92 Å². The van der Waals surface area contributed by atoms with Crippen molar-refractivity contribution in [2.24, 2.45) is 0 Å². The Labute approximate surface area is 208 Å². The molecule has 3 heterocycles. The van der Waals surface area contributed by atoms with E-state index in [2.05, 4.69) is 20.4 Å². The van der Waals surface area contributed by atoms with Crippen molar-refractivity contribution >= 4 is 5.69 Å². The summed E-state index contributed by atoms with van der Waals surface area (Å²) in [6.07, 6.45) is 0.667. The highest BCUT2D eigenvalue weighted by Crippen LogP contribution is 2.36. The monoisotopic (exact) mass is 507 g/mol. The number of anilines is 1. The van der Waals surface area contributed by atoms with Crippen LogP contribution >= 0.6 is 0 Å². The average Bonchev–Trinajstić information content (AvgIpc) is 3.59. The summed E-state index contributed by atoms with van der Waals surface area (Å²) in [4.78, 5) is 21.1. The number of aromatic nitrogens is 4. The molecule has 5 aromatic rings. The first-order valence-electron chi connectivity index (χ1n) is 11.2. The predicted octanol–water partition coefficient (Wildman–Crippen LogP) is 5.97. The van der Waals surface area contributed by atoms with E-state index in [1.807, 2.05) is 19.1 Å². The Hall–Kier alpha value is -4.67. The van der Waals surface area contributed by atoms with Gasteiger partial charge >= 0.3 is 6.18 Å². The molecule has 0 atom stereocenters. The van der Waals surface area contributed by atoms with Gasteiger partial charge < -0.3 is 14.2 Å². The van der Waals surface area contributed by atoms with Gasteiger partial charge in [-0.15, -0.1) is 0 Å². The van der Waals surface area contributed by atoms with Gasteiger partial charge in [-0.3, -0.25) is 4.79 Å². The summed E-state index contributed by atoms with van der Waals surface area (Å²) in [6.45, 7) is 4.03. The van der Waals surface area contributed by atoms with E-state index in [9.17, 15) is 18.0 Å². The van der Waals surface area contributed by atoms with Crippen LogP contribution in [0.1, 0.15) is 18.1 Å². The summed E-state index contributed by atoms with van der Waals surface area (Å²) in [5.74, 6) is 0.769. The van der Waals surface area contributed by atoms with Crippen LogP contribution < -0.4 is 10.9 Å². The Bertz CT molecular complexity index is 1610. The first kappa shape index (κ1) is 24.0. The maximum atomic E-state index is 14.1. The summed E-state index contributed by atoms with van der Waals surface area (Å²) < 4.78 is 53.6. The van der Waals surface area contributed by atoms with Crippen LogP contribution in [0.2, 0.25) is 0 Å². The molecule has 0 aliphatic rings. The second-order valence-corrected chi connectivity index (χ2v) is 8.24. The third kappa shape index (κ3) is 4.75. The quantitative estimate of drug-likeness (QED) is 0.302. The van der Waals surface area contributed by atoms with Crippen LogP contribution in [-0.2, 0) is 6.18 Å². The molecule has 11 heteroatoms. The lowest BCUT2D eigenvalue weighted by Crippen LogP contribution is -2.27. The zero-order valence-electron chi connectivity index (χ0n) is 19.7. The van der Waals surface area contributed by atoms with Crippen molar-refractivity contribution in [3.8, 4) is 39.6 Å². The lowest BCUT2D eigenvalue weighted by atomic mass is 10.0. The molecule has 188 valence electrons. The molecule has 0 unspecified atom stereocenters. The Morgan fingerprint density at radius 2 is 1.59 bits per heavy atom.